The lowest BCUT2D eigenvalue weighted by Crippen LogP contribution is -2.53. The Morgan fingerprint density at radius 2 is 2.33 bits per heavy atom. The van der Waals surface area contributed by atoms with Crippen LogP contribution in [0.25, 0.3) is 5.69 Å². The van der Waals surface area contributed by atoms with Crippen LogP contribution in [0.15, 0.2) is 17.8 Å². The quantitative estimate of drug-likeness (QED) is 0.891. The predicted molar refractivity (Wildman–Crippen MR) is 79.3 cm³/mol. The van der Waals surface area contributed by atoms with Crippen molar-refractivity contribution in [3.63, 3.8) is 0 Å². The van der Waals surface area contributed by atoms with Gasteiger partial charge in [-0.25, -0.2) is 0 Å². The molecule has 1 aliphatic rings. The SMILES string of the molecule is CC1(C)CN(C(=O)c2sccc2-n2cnnn2)CCC1N. The molecule has 1 atom stereocenters. The van der Waals surface area contributed by atoms with Crippen molar-refractivity contribution in [2.24, 2.45) is 11.1 Å². The van der Waals surface area contributed by atoms with Gasteiger partial charge in [0.1, 0.15) is 11.2 Å². The molecule has 0 bridgehead atoms. The molecule has 1 amide bonds. The van der Waals surface area contributed by atoms with Gasteiger partial charge in [-0.15, -0.1) is 16.4 Å². The molecule has 1 aliphatic heterocycles. The van der Waals surface area contributed by atoms with Gasteiger partial charge < -0.3 is 10.6 Å². The Bertz CT molecular complexity index is 635. The monoisotopic (exact) mass is 306 g/mol. The number of nitrogens with zero attached hydrogens (tertiary/aromatic N) is 5. The molecule has 8 heteroatoms. The summed E-state index contributed by atoms with van der Waals surface area (Å²) < 4.78 is 1.52. The van der Waals surface area contributed by atoms with Crippen LogP contribution >= 0.6 is 11.3 Å². The first-order valence-corrected chi connectivity index (χ1v) is 7.73. The zero-order chi connectivity index (χ0) is 15.0. The van der Waals surface area contributed by atoms with Gasteiger partial charge in [-0.2, -0.15) is 4.68 Å². The number of carbonyl (C=O) groups excluding carboxylic acids is 1. The van der Waals surface area contributed by atoms with E-state index in [1.54, 1.807) is 0 Å². The number of rotatable bonds is 2. The van der Waals surface area contributed by atoms with Crippen LogP contribution in [0.4, 0.5) is 0 Å². The van der Waals surface area contributed by atoms with Crippen LogP contribution in [0.5, 0.6) is 0 Å². The highest BCUT2D eigenvalue weighted by Crippen LogP contribution is 2.30. The van der Waals surface area contributed by atoms with Crippen molar-refractivity contribution in [1.82, 2.24) is 25.1 Å². The molecule has 3 rings (SSSR count). The van der Waals surface area contributed by atoms with E-state index < -0.39 is 0 Å². The maximum Gasteiger partial charge on any atom is 0.266 e. The first-order valence-electron chi connectivity index (χ1n) is 6.85. The third-order valence-corrected chi connectivity index (χ3v) is 4.93. The van der Waals surface area contributed by atoms with Crippen molar-refractivity contribution in [3.05, 3.63) is 22.7 Å². The van der Waals surface area contributed by atoms with Gasteiger partial charge in [-0.05, 0) is 33.7 Å². The van der Waals surface area contributed by atoms with Crippen LogP contribution in [-0.2, 0) is 0 Å². The summed E-state index contributed by atoms with van der Waals surface area (Å²) in [5.74, 6) is 0.0236. The predicted octanol–water partition coefficient (Wildman–Crippen LogP) is 0.923. The molecule has 0 saturated carbocycles. The average molecular weight is 306 g/mol. The van der Waals surface area contributed by atoms with Crippen molar-refractivity contribution in [2.75, 3.05) is 13.1 Å². The fourth-order valence-electron chi connectivity index (χ4n) is 2.61. The number of hydrogen-bond donors (Lipinski definition) is 1. The summed E-state index contributed by atoms with van der Waals surface area (Å²) in [6.07, 6.45) is 2.32. The standard InChI is InChI=1S/C13H18N6OS/c1-13(2)7-18(5-3-10(13)14)12(20)11-9(4-6-21-11)19-8-15-16-17-19/h4,6,8,10H,3,5,7,14H2,1-2H3. The number of thiophene rings is 1. The molecule has 2 aromatic rings. The van der Waals surface area contributed by atoms with Crippen molar-refractivity contribution in [3.8, 4) is 5.69 Å². The third-order valence-electron chi connectivity index (χ3n) is 4.03. The van der Waals surface area contributed by atoms with Gasteiger partial charge in [0.05, 0.1) is 5.69 Å². The van der Waals surface area contributed by atoms with E-state index in [9.17, 15) is 4.79 Å². The highest BCUT2D eigenvalue weighted by atomic mass is 32.1. The van der Waals surface area contributed by atoms with Gasteiger partial charge in [0.15, 0.2) is 0 Å². The number of amides is 1. The average Bonchev–Trinajstić information content (AvgIpc) is 3.09. The summed E-state index contributed by atoms with van der Waals surface area (Å²) in [7, 11) is 0. The molecule has 0 radical (unpaired) electrons. The Hall–Kier alpha value is -1.80. The van der Waals surface area contributed by atoms with E-state index in [0.29, 0.717) is 18.0 Å². The van der Waals surface area contributed by atoms with E-state index in [1.165, 1.54) is 22.3 Å². The molecule has 2 aromatic heterocycles. The van der Waals surface area contributed by atoms with Crippen molar-refractivity contribution >= 4 is 17.2 Å². The minimum Gasteiger partial charge on any atom is -0.337 e. The highest BCUT2D eigenvalue weighted by molar-refractivity contribution is 7.12. The maximum absolute atomic E-state index is 12.8. The Morgan fingerprint density at radius 3 is 3.00 bits per heavy atom. The first-order chi connectivity index (χ1) is 9.99. The van der Waals surface area contributed by atoms with Crippen LogP contribution in [-0.4, -0.2) is 50.1 Å². The fourth-order valence-corrected chi connectivity index (χ4v) is 3.45. The number of carbonyl (C=O) groups is 1. The van der Waals surface area contributed by atoms with E-state index in [0.717, 1.165) is 12.1 Å². The summed E-state index contributed by atoms with van der Waals surface area (Å²) >= 11 is 1.41. The molecule has 0 spiro atoms. The summed E-state index contributed by atoms with van der Waals surface area (Å²) in [6, 6.07) is 1.98. The molecular formula is C13H18N6OS. The van der Waals surface area contributed by atoms with Gasteiger partial charge in [-0.1, -0.05) is 13.8 Å². The first kappa shape index (κ1) is 14.2. The Kier molecular flexibility index (Phi) is 3.50. The third kappa shape index (κ3) is 2.56. The Labute approximate surface area is 126 Å². The summed E-state index contributed by atoms with van der Waals surface area (Å²) in [6.45, 7) is 5.57. The van der Waals surface area contributed by atoms with E-state index in [1.807, 2.05) is 16.3 Å². The summed E-state index contributed by atoms with van der Waals surface area (Å²) in [5, 5.41) is 13.0. The molecule has 112 valence electrons. The molecule has 1 unspecified atom stereocenters. The van der Waals surface area contributed by atoms with E-state index in [4.69, 9.17) is 5.73 Å². The maximum atomic E-state index is 12.8. The topological polar surface area (TPSA) is 89.9 Å². The summed E-state index contributed by atoms with van der Waals surface area (Å²) in [4.78, 5) is 15.3. The van der Waals surface area contributed by atoms with Crippen LogP contribution < -0.4 is 5.73 Å². The number of hydrogen-bond acceptors (Lipinski definition) is 6. The Morgan fingerprint density at radius 1 is 1.52 bits per heavy atom. The number of tetrazole rings is 1. The smallest absolute Gasteiger partial charge is 0.266 e. The molecule has 1 fully saturated rings. The zero-order valence-corrected chi connectivity index (χ0v) is 12.9. The number of piperidine rings is 1. The second-order valence-electron chi connectivity index (χ2n) is 6.00. The minimum atomic E-state index is -0.0693. The van der Waals surface area contributed by atoms with E-state index >= 15 is 0 Å². The van der Waals surface area contributed by atoms with Gasteiger partial charge in [0.25, 0.3) is 5.91 Å². The number of nitrogens with two attached hydrogens (primary N) is 1. The second kappa shape index (κ2) is 5.19. The van der Waals surface area contributed by atoms with Crippen molar-refractivity contribution in [2.45, 2.75) is 26.3 Å². The molecule has 21 heavy (non-hydrogen) atoms. The lowest BCUT2D eigenvalue weighted by atomic mass is 9.79. The van der Waals surface area contributed by atoms with E-state index in [2.05, 4.69) is 29.4 Å². The molecule has 0 aromatic carbocycles. The van der Waals surface area contributed by atoms with Crippen LogP contribution in [0.2, 0.25) is 0 Å². The zero-order valence-electron chi connectivity index (χ0n) is 12.1. The normalized spacial score (nSPS) is 21.5. The van der Waals surface area contributed by atoms with Gasteiger partial charge in [0.2, 0.25) is 0 Å². The highest BCUT2D eigenvalue weighted by Gasteiger charge is 2.36. The van der Waals surface area contributed by atoms with Gasteiger partial charge >= 0.3 is 0 Å². The van der Waals surface area contributed by atoms with Crippen molar-refractivity contribution < 1.29 is 4.79 Å². The largest absolute Gasteiger partial charge is 0.337 e. The molecule has 0 aliphatic carbocycles. The molecule has 1 saturated heterocycles. The molecular weight excluding hydrogens is 288 g/mol. The van der Waals surface area contributed by atoms with Crippen molar-refractivity contribution in [1.29, 1.82) is 0 Å². The lowest BCUT2D eigenvalue weighted by molar-refractivity contribution is 0.0537. The van der Waals surface area contributed by atoms with Crippen LogP contribution in [0, 0.1) is 5.41 Å². The Balaban J connectivity index is 1.85. The second-order valence-corrected chi connectivity index (χ2v) is 6.92. The van der Waals surface area contributed by atoms with E-state index in [-0.39, 0.29) is 17.4 Å². The molecule has 3 heterocycles. The number of likely N-dealkylation sites (tertiary alicyclic amines) is 1. The number of aromatic nitrogens is 4. The minimum absolute atomic E-state index is 0.0236. The lowest BCUT2D eigenvalue weighted by Gasteiger charge is -2.42. The van der Waals surface area contributed by atoms with Gasteiger partial charge in [-0.3, -0.25) is 4.79 Å². The van der Waals surface area contributed by atoms with Crippen LogP contribution in [0.3, 0.4) is 0 Å². The molecule has 7 nitrogen and oxygen atoms in total. The molecule has 2 N–H and O–H groups in total. The van der Waals surface area contributed by atoms with Gasteiger partial charge in [0, 0.05) is 19.1 Å². The summed E-state index contributed by atoms with van der Waals surface area (Å²) in [5.41, 5.74) is 6.79. The fraction of sp³-hybridized carbons (Fsp3) is 0.538. The van der Waals surface area contributed by atoms with Crippen LogP contribution in [0.1, 0.15) is 29.9 Å².